The van der Waals surface area contributed by atoms with Crippen LogP contribution in [-0.2, 0) is 19.4 Å². The summed E-state index contributed by atoms with van der Waals surface area (Å²) in [7, 11) is 1.63. The van der Waals surface area contributed by atoms with Crippen molar-refractivity contribution in [3.8, 4) is 5.75 Å². The van der Waals surface area contributed by atoms with Crippen molar-refractivity contribution in [2.24, 2.45) is 5.92 Å². The van der Waals surface area contributed by atoms with Crippen LogP contribution in [0.3, 0.4) is 0 Å². The van der Waals surface area contributed by atoms with Gasteiger partial charge in [0.2, 0.25) is 0 Å². The lowest BCUT2D eigenvalue weighted by atomic mass is 9.96. The average Bonchev–Trinajstić information content (AvgIpc) is 3.10. The fraction of sp³-hybridized carbons (Fsp3) is 0.471. The van der Waals surface area contributed by atoms with Crippen LogP contribution in [0.1, 0.15) is 36.3 Å². The third kappa shape index (κ3) is 2.56. The molecule has 1 aliphatic carbocycles. The molecule has 0 bridgehead atoms. The lowest BCUT2D eigenvalue weighted by molar-refractivity contribution is 0.101. The molecule has 21 heavy (non-hydrogen) atoms. The average molecular weight is 286 g/mol. The van der Waals surface area contributed by atoms with Crippen LogP contribution in [0.15, 0.2) is 30.5 Å². The lowest BCUT2D eigenvalue weighted by Crippen LogP contribution is -2.18. The third-order valence-corrected chi connectivity index (χ3v) is 4.31. The number of hydrogen-bond acceptors (Lipinski definition) is 3. The molecule has 0 saturated carbocycles. The van der Waals surface area contributed by atoms with Gasteiger partial charge < -0.3 is 9.84 Å². The van der Waals surface area contributed by atoms with Crippen LogP contribution in [0.2, 0.25) is 0 Å². The first-order valence-electron chi connectivity index (χ1n) is 7.59. The topological polar surface area (TPSA) is 47.3 Å². The summed E-state index contributed by atoms with van der Waals surface area (Å²) < 4.78 is 7.27. The molecule has 2 aromatic rings. The molecule has 0 aliphatic heterocycles. The van der Waals surface area contributed by atoms with Gasteiger partial charge in [0, 0.05) is 6.54 Å². The minimum Gasteiger partial charge on any atom is -0.493 e. The Bertz CT molecular complexity index is 596. The normalized spacial score (nSPS) is 16.0. The first-order chi connectivity index (χ1) is 10.2. The zero-order chi connectivity index (χ0) is 14.8. The van der Waals surface area contributed by atoms with Gasteiger partial charge in [0.05, 0.1) is 13.3 Å². The molecule has 0 amide bonds. The summed E-state index contributed by atoms with van der Waals surface area (Å²) in [6.45, 7) is 2.91. The van der Waals surface area contributed by atoms with Crippen molar-refractivity contribution in [2.75, 3.05) is 7.11 Å². The molecule has 4 nitrogen and oxygen atoms in total. The maximum absolute atomic E-state index is 10.9. The van der Waals surface area contributed by atoms with E-state index >= 15 is 0 Å². The Labute approximate surface area is 125 Å². The van der Waals surface area contributed by atoms with Crippen molar-refractivity contribution in [3.05, 3.63) is 47.3 Å². The molecule has 0 saturated heterocycles. The van der Waals surface area contributed by atoms with Crippen molar-refractivity contribution in [1.29, 1.82) is 0 Å². The van der Waals surface area contributed by atoms with Gasteiger partial charge in [-0.25, -0.2) is 0 Å². The summed E-state index contributed by atoms with van der Waals surface area (Å²) in [5, 5.41) is 15.2. The van der Waals surface area contributed by atoms with Gasteiger partial charge in [-0.1, -0.05) is 31.2 Å². The van der Waals surface area contributed by atoms with Gasteiger partial charge in [0.1, 0.15) is 11.8 Å². The largest absolute Gasteiger partial charge is 0.493 e. The number of ether oxygens (including phenoxy) is 1. The van der Waals surface area contributed by atoms with Crippen LogP contribution in [-0.4, -0.2) is 22.0 Å². The number of aromatic nitrogens is 2. The highest BCUT2D eigenvalue weighted by atomic mass is 16.5. The van der Waals surface area contributed by atoms with Crippen LogP contribution in [0.4, 0.5) is 0 Å². The lowest BCUT2D eigenvalue weighted by Gasteiger charge is -2.20. The summed E-state index contributed by atoms with van der Waals surface area (Å²) in [5.41, 5.74) is 3.52. The molecule has 0 radical (unpaired) electrons. The SMILES string of the molecule is CCCn1ncc(OC)c1C(O)C1Cc2ccccc2C1. The Kier molecular flexibility index (Phi) is 3.97. The van der Waals surface area contributed by atoms with E-state index in [4.69, 9.17) is 4.74 Å². The number of benzene rings is 1. The van der Waals surface area contributed by atoms with Crippen molar-refractivity contribution in [2.45, 2.75) is 38.8 Å². The number of fused-ring (bicyclic) bond motifs is 1. The van der Waals surface area contributed by atoms with Crippen LogP contribution >= 0.6 is 0 Å². The van der Waals surface area contributed by atoms with Gasteiger partial charge in [-0.3, -0.25) is 4.68 Å². The molecule has 0 spiro atoms. The van der Waals surface area contributed by atoms with Gasteiger partial charge in [-0.2, -0.15) is 5.10 Å². The molecule has 4 heteroatoms. The van der Waals surface area contributed by atoms with Gasteiger partial charge in [-0.15, -0.1) is 0 Å². The van der Waals surface area contributed by atoms with E-state index in [9.17, 15) is 5.11 Å². The highest BCUT2D eigenvalue weighted by Gasteiger charge is 2.32. The molecule has 1 heterocycles. The number of aryl methyl sites for hydroxylation is 1. The first kappa shape index (κ1) is 14.1. The van der Waals surface area contributed by atoms with Crippen molar-refractivity contribution in [1.82, 2.24) is 9.78 Å². The van der Waals surface area contributed by atoms with Crippen molar-refractivity contribution in [3.63, 3.8) is 0 Å². The molecule has 1 atom stereocenters. The highest BCUT2D eigenvalue weighted by Crippen LogP contribution is 2.38. The minimum atomic E-state index is -0.540. The Morgan fingerprint density at radius 1 is 1.33 bits per heavy atom. The van der Waals surface area contributed by atoms with Crippen molar-refractivity contribution >= 4 is 0 Å². The second-order valence-electron chi connectivity index (χ2n) is 5.70. The number of hydrogen-bond donors (Lipinski definition) is 1. The summed E-state index contributed by atoms with van der Waals surface area (Å²) in [4.78, 5) is 0. The Balaban J connectivity index is 1.86. The van der Waals surface area contributed by atoms with Crippen LogP contribution < -0.4 is 4.74 Å². The second kappa shape index (κ2) is 5.90. The van der Waals surface area contributed by atoms with E-state index in [1.54, 1.807) is 13.3 Å². The summed E-state index contributed by atoms with van der Waals surface area (Å²) >= 11 is 0. The fourth-order valence-corrected chi connectivity index (χ4v) is 3.26. The quantitative estimate of drug-likeness (QED) is 0.919. The van der Waals surface area contributed by atoms with E-state index in [1.165, 1.54) is 11.1 Å². The zero-order valence-electron chi connectivity index (χ0n) is 12.6. The predicted molar refractivity (Wildman–Crippen MR) is 81.4 cm³/mol. The maximum Gasteiger partial charge on any atom is 0.162 e. The van der Waals surface area contributed by atoms with E-state index in [1.807, 2.05) is 4.68 Å². The molecule has 1 aromatic carbocycles. The number of aliphatic hydroxyl groups excluding tert-OH is 1. The molecule has 0 fully saturated rings. The van der Waals surface area contributed by atoms with Crippen LogP contribution in [0.5, 0.6) is 5.75 Å². The number of aliphatic hydroxyl groups is 1. The molecule has 1 aromatic heterocycles. The second-order valence-corrected chi connectivity index (χ2v) is 5.70. The number of rotatable bonds is 5. The van der Waals surface area contributed by atoms with Gasteiger partial charge >= 0.3 is 0 Å². The Morgan fingerprint density at radius 3 is 2.57 bits per heavy atom. The smallest absolute Gasteiger partial charge is 0.162 e. The maximum atomic E-state index is 10.9. The first-order valence-corrected chi connectivity index (χ1v) is 7.59. The molecule has 1 aliphatic rings. The molecular formula is C17H22N2O2. The Hall–Kier alpha value is -1.81. The van der Waals surface area contributed by atoms with Crippen LogP contribution in [0, 0.1) is 5.92 Å². The summed E-state index contributed by atoms with van der Waals surface area (Å²) in [6, 6.07) is 8.44. The molecule has 3 rings (SSSR count). The molecule has 1 N–H and O–H groups in total. The standard InChI is InChI=1S/C17H22N2O2/c1-3-8-19-16(15(21-2)11-18-19)17(20)14-9-12-6-4-5-7-13(12)10-14/h4-7,11,14,17,20H,3,8-10H2,1-2H3. The van der Waals surface area contributed by atoms with E-state index < -0.39 is 6.10 Å². The van der Waals surface area contributed by atoms with Crippen LogP contribution in [0.25, 0.3) is 0 Å². The van der Waals surface area contributed by atoms with E-state index in [0.29, 0.717) is 5.75 Å². The predicted octanol–water partition coefficient (Wildman–Crippen LogP) is 2.75. The van der Waals surface area contributed by atoms with E-state index in [-0.39, 0.29) is 5.92 Å². The molecule has 112 valence electrons. The number of methoxy groups -OCH3 is 1. The van der Waals surface area contributed by atoms with Gasteiger partial charge in [-0.05, 0) is 36.3 Å². The van der Waals surface area contributed by atoms with E-state index in [2.05, 4.69) is 36.3 Å². The summed E-state index contributed by atoms with van der Waals surface area (Å²) in [5.74, 6) is 0.885. The van der Waals surface area contributed by atoms with Gasteiger partial charge in [0.25, 0.3) is 0 Å². The Morgan fingerprint density at radius 2 is 2.00 bits per heavy atom. The van der Waals surface area contributed by atoms with E-state index in [0.717, 1.165) is 31.5 Å². The van der Waals surface area contributed by atoms with Gasteiger partial charge in [0.15, 0.2) is 5.75 Å². The third-order valence-electron chi connectivity index (χ3n) is 4.31. The zero-order valence-corrected chi connectivity index (χ0v) is 12.6. The monoisotopic (exact) mass is 286 g/mol. The highest BCUT2D eigenvalue weighted by molar-refractivity contribution is 5.35. The van der Waals surface area contributed by atoms with Crippen molar-refractivity contribution < 1.29 is 9.84 Å². The fourth-order valence-electron chi connectivity index (χ4n) is 3.26. The summed E-state index contributed by atoms with van der Waals surface area (Å²) in [6.07, 6.45) is 3.97. The number of nitrogens with zero attached hydrogens (tertiary/aromatic N) is 2. The minimum absolute atomic E-state index is 0.198. The molecular weight excluding hydrogens is 264 g/mol. The molecule has 1 unspecified atom stereocenters.